The van der Waals surface area contributed by atoms with E-state index in [4.69, 9.17) is 9.47 Å². The molecule has 2 heterocycles. The Morgan fingerprint density at radius 1 is 1.29 bits per heavy atom. The predicted molar refractivity (Wildman–Crippen MR) is 83.0 cm³/mol. The number of hydrogen-bond donors (Lipinski definition) is 1. The van der Waals surface area contributed by atoms with Gasteiger partial charge in [-0.3, -0.25) is 4.79 Å². The molecule has 1 saturated heterocycles. The van der Waals surface area contributed by atoms with E-state index in [1.807, 2.05) is 0 Å². The Morgan fingerprint density at radius 2 is 2.12 bits per heavy atom. The molecule has 1 aromatic carbocycles. The summed E-state index contributed by atoms with van der Waals surface area (Å²) in [5.41, 5.74) is 0.204. The number of pyridine rings is 1. The summed E-state index contributed by atoms with van der Waals surface area (Å²) in [4.78, 5) is 15.8. The Kier molecular flexibility index (Phi) is 5.00. The summed E-state index contributed by atoms with van der Waals surface area (Å²) >= 11 is 0. The molecule has 1 aliphatic heterocycles. The maximum Gasteiger partial charge on any atom is 0.274 e. The maximum atomic E-state index is 13.5. The van der Waals surface area contributed by atoms with E-state index in [0.29, 0.717) is 19.0 Å². The highest BCUT2D eigenvalue weighted by atomic mass is 19.1. The average molecular weight is 334 g/mol. The summed E-state index contributed by atoms with van der Waals surface area (Å²) in [6, 6.07) is 6.22. The number of halogens is 2. The lowest BCUT2D eigenvalue weighted by atomic mass is 10.2. The van der Waals surface area contributed by atoms with Crippen molar-refractivity contribution in [2.24, 2.45) is 0 Å². The van der Waals surface area contributed by atoms with Crippen molar-refractivity contribution in [3.8, 4) is 5.75 Å². The van der Waals surface area contributed by atoms with Gasteiger partial charge >= 0.3 is 0 Å². The minimum Gasteiger partial charge on any atom is -0.489 e. The molecule has 3 rings (SSSR count). The number of hydrogen-bond acceptors (Lipinski definition) is 4. The van der Waals surface area contributed by atoms with E-state index in [9.17, 15) is 13.6 Å². The first-order valence-electron chi connectivity index (χ1n) is 7.58. The van der Waals surface area contributed by atoms with Crippen LogP contribution in [0.5, 0.6) is 5.75 Å². The van der Waals surface area contributed by atoms with Crippen LogP contribution in [-0.2, 0) is 4.74 Å². The van der Waals surface area contributed by atoms with Crippen molar-refractivity contribution in [1.29, 1.82) is 0 Å². The van der Waals surface area contributed by atoms with Gasteiger partial charge in [0.05, 0.1) is 18.0 Å². The van der Waals surface area contributed by atoms with Gasteiger partial charge in [-0.25, -0.2) is 13.8 Å². The minimum atomic E-state index is -0.581. The molecular weight excluding hydrogens is 318 g/mol. The van der Waals surface area contributed by atoms with E-state index in [2.05, 4.69) is 10.3 Å². The summed E-state index contributed by atoms with van der Waals surface area (Å²) in [6.07, 6.45) is 2.83. The van der Waals surface area contributed by atoms with Gasteiger partial charge in [0.25, 0.3) is 5.91 Å². The van der Waals surface area contributed by atoms with Crippen LogP contribution >= 0.6 is 0 Å². The summed E-state index contributed by atoms with van der Waals surface area (Å²) in [6.45, 7) is 1.03. The highest BCUT2D eigenvalue weighted by Gasteiger charge is 2.18. The van der Waals surface area contributed by atoms with Crippen LogP contribution in [-0.4, -0.2) is 30.2 Å². The van der Waals surface area contributed by atoms with E-state index in [0.717, 1.165) is 31.2 Å². The fraction of sp³-hybridized carbons (Fsp3) is 0.294. The lowest BCUT2D eigenvalue weighted by Gasteiger charge is -2.15. The van der Waals surface area contributed by atoms with Gasteiger partial charge in [-0.05, 0) is 37.1 Å². The molecule has 126 valence electrons. The number of rotatable bonds is 5. The monoisotopic (exact) mass is 334 g/mol. The number of carbonyl (C=O) groups excluding carboxylic acids is 1. The molecule has 1 fully saturated rings. The quantitative estimate of drug-likeness (QED) is 0.912. The highest BCUT2D eigenvalue weighted by molar-refractivity contribution is 6.03. The Bertz CT molecular complexity index is 716. The first kappa shape index (κ1) is 16.3. The fourth-order valence-electron chi connectivity index (χ4n) is 2.38. The normalized spacial score (nSPS) is 16.8. The zero-order valence-electron chi connectivity index (χ0n) is 12.8. The van der Waals surface area contributed by atoms with Gasteiger partial charge in [0.1, 0.15) is 29.7 Å². The zero-order valence-corrected chi connectivity index (χ0v) is 12.8. The minimum absolute atomic E-state index is 0.00244. The van der Waals surface area contributed by atoms with Gasteiger partial charge in [-0.1, -0.05) is 0 Å². The van der Waals surface area contributed by atoms with Gasteiger partial charge in [0, 0.05) is 12.7 Å². The van der Waals surface area contributed by atoms with Crippen LogP contribution in [0.3, 0.4) is 0 Å². The average Bonchev–Trinajstić information content (AvgIpc) is 3.08. The zero-order chi connectivity index (χ0) is 16.9. The third kappa shape index (κ3) is 4.05. The van der Waals surface area contributed by atoms with Crippen LogP contribution < -0.4 is 10.1 Å². The molecule has 0 spiro atoms. The molecule has 0 radical (unpaired) electrons. The molecule has 1 aliphatic rings. The number of aromatic nitrogens is 1. The van der Waals surface area contributed by atoms with E-state index in [1.165, 1.54) is 18.2 Å². The summed E-state index contributed by atoms with van der Waals surface area (Å²) in [7, 11) is 0. The number of anilines is 1. The molecular formula is C17H16F2N2O3. The van der Waals surface area contributed by atoms with Gasteiger partial charge in [0.15, 0.2) is 0 Å². The van der Waals surface area contributed by atoms with Crippen molar-refractivity contribution in [2.75, 3.05) is 18.5 Å². The topological polar surface area (TPSA) is 60.5 Å². The molecule has 0 aliphatic carbocycles. The summed E-state index contributed by atoms with van der Waals surface area (Å²) in [5, 5.41) is 2.53. The maximum absolute atomic E-state index is 13.5. The number of carbonyl (C=O) groups is 1. The molecule has 1 atom stereocenters. The molecule has 0 saturated carbocycles. The Hall–Kier alpha value is -2.54. The van der Waals surface area contributed by atoms with Gasteiger partial charge in [-0.15, -0.1) is 0 Å². The molecule has 1 unspecified atom stereocenters. The molecule has 24 heavy (non-hydrogen) atoms. The Labute approximate surface area is 137 Å². The second-order valence-electron chi connectivity index (χ2n) is 5.40. The van der Waals surface area contributed by atoms with Crippen molar-refractivity contribution in [3.05, 3.63) is 53.9 Å². The molecule has 0 bridgehead atoms. The standard InChI is InChI=1S/C17H16F2N2O3/c18-11-4-6-16(24-10-13-2-1-7-23-13)15(8-11)21-17(22)14-5-3-12(19)9-20-14/h3-6,8-9,13H,1-2,7,10H2,(H,21,22). The number of amides is 1. The third-order valence-corrected chi connectivity index (χ3v) is 3.60. The SMILES string of the molecule is O=C(Nc1cc(F)ccc1OCC1CCCO1)c1ccc(F)cn1. The molecule has 1 aromatic heterocycles. The van der Waals surface area contributed by atoms with Gasteiger partial charge in [-0.2, -0.15) is 0 Å². The van der Waals surface area contributed by atoms with Gasteiger partial charge in [0.2, 0.25) is 0 Å². The van der Waals surface area contributed by atoms with Crippen LogP contribution in [0.15, 0.2) is 36.5 Å². The van der Waals surface area contributed by atoms with Crippen molar-refractivity contribution in [1.82, 2.24) is 4.98 Å². The van der Waals surface area contributed by atoms with E-state index in [-0.39, 0.29) is 17.5 Å². The van der Waals surface area contributed by atoms with Crippen LogP contribution in [0.25, 0.3) is 0 Å². The number of nitrogens with zero attached hydrogens (tertiary/aromatic N) is 1. The second-order valence-corrected chi connectivity index (χ2v) is 5.40. The number of ether oxygens (including phenoxy) is 2. The number of benzene rings is 1. The predicted octanol–water partition coefficient (Wildman–Crippen LogP) is 3.17. The van der Waals surface area contributed by atoms with E-state index < -0.39 is 17.5 Å². The molecule has 7 heteroatoms. The van der Waals surface area contributed by atoms with Crippen LogP contribution in [0.4, 0.5) is 14.5 Å². The Balaban J connectivity index is 1.72. The first-order chi connectivity index (χ1) is 11.6. The lowest BCUT2D eigenvalue weighted by molar-refractivity contribution is 0.0681. The van der Waals surface area contributed by atoms with E-state index >= 15 is 0 Å². The van der Waals surface area contributed by atoms with Crippen molar-refractivity contribution in [2.45, 2.75) is 18.9 Å². The summed E-state index contributed by atoms with van der Waals surface area (Å²) in [5.74, 6) is -1.30. The smallest absolute Gasteiger partial charge is 0.274 e. The third-order valence-electron chi connectivity index (χ3n) is 3.60. The van der Waals surface area contributed by atoms with Crippen molar-refractivity contribution in [3.63, 3.8) is 0 Å². The molecule has 1 N–H and O–H groups in total. The Morgan fingerprint density at radius 3 is 2.83 bits per heavy atom. The van der Waals surface area contributed by atoms with Crippen LogP contribution in [0.2, 0.25) is 0 Å². The number of nitrogens with one attached hydrogen (secondary N) is 1. The molecule has 2 aromatic rings. The summed E-state index contributed by atoms with van der Waals surface area (Å²) < 4.78 is 37.5. The van der Waals surface area contributed by atoms with Crippen molar-refractivity contribution >= 4 is 11.6 Å². The second kappa shape index (κ2) is 7.35. The highest BCUT2D eigenvalue weighted by Crippen LogP contribution is 2.27. The first-order valence-corrected chi connectivity index (χ1v) is 7.58. The largest absolute Gasteiger partial charge is 0.489 e. The van der Waals surface area contributed by atoms with Crippen molar-refractivity contribution < 1.29 is 23.0 Å². The lowest BCUT2D eigenvalue weighted by Crippen LogP contribution is -2.18. The van der Waals surface area contributed by atoms with Crippen LogP contribution in [0.1, 0.15) is 23.3 Å². The van der Waals surface area contributed by atoms with E-state index in [1.54, 1.807) is 0 Å². The van der Waals surface area contributed by atoms with Gasteiger partial charge < -0.3 is 14.8 Å². The fourth-order valence-corrected chi connectivity index (χ4v) is 2.38. The molecule has 1 amide bonds. The van der Waals surface area contributed by atoms with Crippen LogP contribution in [0, 0.1) is 11.6 Å². The molecule has 5 nitrogen and oxygen atoms in total.